The van der Waals surface area contributed by atoms with Gasteiger partial charge >= 0.3 is 0 Å². The highest BCUT2D eigenvalue weighted by atomic mass is 32.2. The standard InChI is InChI=1S/C24H24FN5OS/c1-14-18(15(2)27-24(26-14)32-3)9-11-23(31)28-17-8-10-20-21(13-17)30-22(29-20)12-16-6-4-5-7-19(16)25/h4-8,10,13H,9,11-12H2,1-3H3,(H,28,31)(H,29,30). The summed E-state index contributed by atoms with van der Waals surface area (Å²) in [5, 5.41) is 3.69. The van der Waals surface area contributed by atoms with E-state index < -0.39 is 0 Å². The Hall–Kier alpha value is -3.26. The number of aromatic amines is 1. The fourth-order valence-corrected chi connectivity index (χ4v) is 4.13. The number of imidazole rings is 1. The number of nitrogens with zero attached hydrogens (tertiary/aromatic N) is 3. The number of carbonyl (C=O) groups is 1. The van der Waals surface area contributed by atoms with Crippen LogP contribution in [0.4, 0.5) is 10.1 Å². The predicted octanol–water partition coefficient (Wildman–Crippen LogP) is 4.99. The third-order valence-corrected chi connectivity index (χ3v) is 5.86. The van der Waals surface area contributed by atoms with Crippen LogP contribution in [0.15, 0.2) is 47.6 Å². The molecular formula is C24H24FN5OS. The summed E-state index contributed by atoms with van der Waals surface area (Å²) in [5.74, 6) is 0.344. The van der Waals surface area contributed by atoms with E-state index in [2.05, 4.69) is 25.3 Å². The van der Waals surface area contributed by atoms with Crippen LogP contribution in [-0.2, 0) is 17.6 Å². The predicted molar refractivity (Wildman–Crippen MR) is 126 cm³/mol. The van der Waals surface area contributed by atoms with E-state index in [0.717, 1.165) is 33.1 Å². The minimum atomic E-state index is -0.250. The minimum Gasteiger partial charge on any atom is -0.342 e. The van der Waals surface area contributed by atoms with Crippen molar-refractivity contribution in [2.45, 2.75) is 38.3 Å². The van der Waals surface area contributed by atoms with Gasteiger partial charge in [-0.15, -0.1) is 0 Å². The van der Waals surface area contributed by atoms with Gasteiger partial charge in [0, 0.05) is 29.9 Å². The van der Waals surface area contributed by atoms with Crippen molar-refractivity contribution in [3.63, 3.8) is 0 Å². The van der Waals surface area contributed by atoms with Gasteiger partial charge in [0.05, 0.1) is 11.0 Å². The van der Waals surface area contributed by atoms with Gasteiger partial charge in [-0.05, 0) is 61.9 Å². The number of aromatic nitrogens is 4. The van der Waals surface area contributed by atoms with Crippen LogP contribution in [0.25, 0.3) is 11.0 Å². The number of halogens is 1. The van der Waals surface area contributed by atoms with Crippen LogP contribution in [0, 0.1) is 19.7 Å². The number of hydrogen-bond donors (Lipinski definition) is 2. The lowest BCUT2D eigenvalue weighted by Gasteiger charge is -2.10. The second kappa shape index (κ2) is 9.48. The number of anilines is 1. The van der Waals surface area contributed by atoms with E-state index >= 15 is 0 Å². The molecule has 0 atom stereocenters. The van der Waals surface area contributed by atoms with Crippen LogP contribution < -0.4 is 5.32 Å². The molecule has 2 aromatic carbocycles. The molecule has 2 aromatic heterocycles. The summed E-state index contributed by atoms with van der Waals surface area (Å²) < 4.78 is 13.9. The number of benzene rings is 2. The van der Waals surface area contributed by atoms with E-state index in [9.17, 15) is 9.18 Å². The van der Waals surface area contributed by atoms with Crippen molar-refractivity contribution in [1.82, 2.24) is 19.9 Å². The Morgan fingerprint density at radius 2 is 1.84 bits per heavy atom. The van der Waals surface area contributed by atoms with Gasteiger partial charge in [0.1, 0.15) is 11.6 Å². The number of amides is 1. The third kappa shape index (κ3) is 4.96. The summed E-state index contributed by atoms with van der Waals surface area (Å²) in [7, 11) is 0. The lowest BCUT2D eigenvalue weighted by atomic mass is 10.1. The lowest BCUT2D eigenvalue weighted by molar-refractivity contribution is -0.116. The molecule has 2 heterocycles. The zero-order valence-electron chi connectivity index (χ0n) is 18.2. The molecule has 0 aliphatic carbocycles. The highest BCUT2D eigenvalue weighted by Crippen LogP contribution is 2.21. The Morgan fingerprint density at radius 1 is 1.09 bits per heavy atom. The van der Waals surface area contributed by atoms with E-state index in [0.29, 0.717) is 36.3 Å². The Bertz CT molecular complexity index is 1260. The monoisotopic (exact) mass is 449 g/mol. The molecule has 0 fully saturated rings. The largest absolute Gasteiger partial charge is 0.342 e. The molecule has 4 rings (SSSR count). The zero-order valence-corrected chi connectivity index (χ0v) is 19.0. The molecular weight excluding hydrogens is 425 g/mol. The molecule has 0 saturated heterocycles. The second-order valence-corrected chi connectivity index (χ2v) is 8.36. The maximum absolute atomic E-state index is 13.9. The smallest absolute Gasteiger partial charge is 0.224 e. The van der Waals surface area contributed by atoms with Crippen molar-refractivity contribution in [3.05, 3.63) is 76.6 Å². The van der Waals surface area contributed by atoms with E-state index in [4.69, 9.17) is 0 Å². The highest BCUT2D eigenvalue weighted by molar-refractivity contribution is 7.98. The summed E-state index contributed by atoms with van der Waals surface area (Å²) in [6, 6.07) is 12.2. The van der Waals surface area contributed by atoms with E-state index in [-0.39, 0.29) is 11.7 Å². The summed E-state index contributed by atoms with van der Waals surface area (Å²) in [4.78, 5) is 29.2. The fourth-order valence-electron chi connectivity index (χ4n) is 3.67. The lowest BCUT2D eigenvalue weighted by Crippen LogP contribution is -2.13. The van der Waals surface area contributed by atoms with Gasteiger partial charge in [0.25, 0.3) is 0 Å². The number of aryl methyl sites for hydroxylation is 2. The zero-order chi connectivity index (χ0) is 22.7. The highest BCUT2D eigenvalue weighted by Gasteiger charge is 2.12. The molecule has 4 aromatic rings. The minimum absolute atomic E-state index is 0.0804. The maximum Gasteiger partial charge on any atom is 0.224 e. The first-order valence-electron chi connectivity index (χ1n) is 10.3. The average Bonchev–Trinajstić information content (AvgIpc) is 3.16. The summed E-state index contributed by atoms with van der Waals surface area (Å²) in [6.45, 7) is 3.90. The molecule has 0 aliphatic rings. The van der Waals surface area contributed by atoms with E-state index in [1.807, 2.05) is 38.3 Å². The van der Waals surface area contributed by atoms with Crippen LogP contribution in [-0.4, -0.2) is 32.1 Å². The van der Waals surface area contributed by atoms with Gasteiger partial charge in [-0.2, -0.15) is 0 Å². The van der Waals surface area contributed by atoms with Gasteiger partial charge in [-0.3, -0.25) is 4.79 Å². The number of rotatable bonds is 7. The number of hydrogen-bond acceptors (Lipinski definition) is 5. The van der Waals surface area contributed by atoms with Crippen LogP contribution in [0.2, 0.25) is 0 Å². The van der Waals surface area contributed by atoms with Crippen LogP contribution in [0.5, 0.6) is 0 Å². The van der Waals surface area contributed by atoms with Gasteiger partial charge in [0.15, 0.2) is 5.16 Å². The van der Waals surface area contributed by atoms with Crippen LogP contribution >= 0.6 is 11.8 Å². The average molecular weight is 450 g/mol. The van der Waals surface area contributed by atoms with Crippen molar-refractivity contribution in [3.8, 4) is 0 Å². The molecule has 0 spiro atoms. The molecule has 2 N–H and O–H groups in total. The van der Waals surface area contributed by atoms with Crippen LogP contribution in [0.1, 0.15) is 34.8 Å². The summed E-state index contributed by atoms with van der Waals surface area (Å²) in [6.07, 6.45) is 3.24. The Kier molecular flexibility index (Phi) is 6.50. The number of nitrogens with one attached hydrogen (secondary N) is 2. The summed E-state index contributed by atoms with van der Waals surface area (Å²) >= 11 is 1.51. The fraction of sp³-hybridized carbons (Fsp3) is 0.250. The first-order valence-corrected chi connectivity index (χ1v) is 11.6. The molecule has 0 aliphatic heterocycles. The quantitative estimate of drug-likeness (QED) is 0.307. The van der Waals surface area contributed by atoms with Crippen molar-refractivity contribution >= 4 is 34.4 Å². The normalized spacial score (nSPS) is 11.1. The Labute approximate surface area is 190 Å². The summed E-state index contributed by atoms with van der Waals surface area (Å²) in [5.41, 5.74) is 5.67. The Balaban J connectivity index is 1.42. The molecule has 164 valence electrons. The second-order valence-electron chi connectivity index (χ2n) is 7.59. The molecule has 0 saturated carbocycles. The molecule has 0 radical (unpaired) electrons. The van der Waals surface area contributed by atoms with E-state index in [1.54, 1.807) is 18.2 Å². The molecule has 0 bridgehead atoms. The van der Waals surface area contributed by atoms with Crippen LogP contribution in [0.3, 0.4) is 0 Å². The molecule has 8 heteroatoms. The van der Waals surface area contributed by atoms with Crippen molar-refractivity contribution in [2.75, 3.05) is 11.6 Å². The van der Waals surface area contributed by atoms with Crippen molar-refractivity contribution in [2.24, 2.45) is 0 Å². The molecule has 1 amide bonds. The molecule has 0 unspecified atom stereocenters. The van der Waals surface area contributed by atoms with Gasteiger partial charge in [-0.25, -0.2) is 19.3 Å². The van der Waals surface area contributed by atoms with Crippen molar-refractivity contribution < 1.29 is 9.18 Å². The number of carbonyl (C=O) groups excluding carboxylic acids is 1. The van der Waals surface area contributed by atoms with Gasteiger partial charge < -0.3 is 10.3 Å². The molecule has 32 heavy (non-hydrogen) atoms. The first-order chi connectivity index (χ1) is 15.4. The number of H-pyrrole nitrogens is 1. The Morgan fingerprint density at radius 3 is 2.56 bits per heavy atom. The van der Waals surface area contributed by atoms with Crippen molar-refractivity contribution in [1.29, 1.82) is 0 Å². The van der Waals surface area contributed by atoms with Gasteiger partial charge in [-0.1, -0.05) is 30.0 Å². The topological polar surface area (TPSA) is 83.6 Å². The third-order valence-electron chi connectivity index (χ3n) is 5.32. The molecule has 6 nitrogen and oxygen atoms in total. The first kappa shape index (κ1) is 22.0. The van der Waals surface area contributed by atoms with E-state index in [1.165, 1.54) is 17.8 Å². The number of thioether (sulfide) groups is 1. The number of fused-ring (bicyclic) bond motifs is 1. The maximum atomic E-state index is 13.9. The van der Waals surface area contributed by atoms with Gasteiger partial charge in [0.2, 0.25) is 5.91 Å². The SMILES string of the molecule is CSc1nc(C)c(CCC(=O)Nc2ccc3nc(Cc4ccccc4F)[nH]c3c2)c(C)n1.